The monoisotopic (exact) mass is 362 g/mol. The van der Waals surface area contributed by atoms with Crippen molar-refractivity contribution in [1.82, 2.24) is 0 Å². The van der Waals surface area contributed by atoms with Crippen molar-refractivity contribution >= 4 is 34.6 Å². The smallest absolute Gasteiger partial charge is 0.266 e. The maximum atomic E-state index is 13.2. The molecule has 0 aliphatic rings. The van der Waals surface area contributed by atoms with Crippen LogP contribution in [0.5, 0.6) is 5.75 Å². The summed E-state index contributed by atoms with van der Waals surface area (Å²) >= 11 is 0. The van der Waals surface area contributed by atoms with Gasteiger partial charge >= 0.3 is 0 Å². The van der Waals surface area contributed by atoms with E-state index < -0.39 is 11.8 Å². The Bertz CT molecular complexity index is 953. The highest BCUT2D eigenvalue weighted by Crippen LogP contribution is 2.31. The molecule has 3 aromatic rings. The van der Waals surface area contributed by atoms with Gasteiger partial charge in [-0.1, -0.05) is 0 Å². The van der Waals surface area contributed by atoms with E-state index >= 15 is 0 Å². The van der Waals surface area contributed by atoms with Crippen LogP contribution in [0, 0.1) is 0 Å². The molecule has 2 amide bonds. The van der Waals surface area contributed by atoms with E-state index in [0.717, 1.165) is 0 Å². The lowest BCUT2D eigenvalue weighted by Gasteiger charge is -2.24. The van der Waals surface area contributed by atoms with Crippen molar-refractivity contribution in [3.8, 4) is 5.75 Å². The molecular formula is C20H18N4O3. The number of nitrogens with zero attached hydrogens (tertiary/aromatic N) is 1. The second kappa shape index (κ2) is 7.09. The topological polar surface area (TPSA) is 136 Å². The molecule has 27 heavy (non-hydrogen) atoms. The summed E-state index contributed by atoms with van der Waals surface area (Å²) in [7, 11) is 0. The minimum absolute atomic E-state index is 0.0219. The number of phenolic OH excluding ortho intramolecular Hbond substituents is 1. The molecule has 7 heteroatoms. The first-order valence-electron chi connectivity index (χ1n) is 8.05. The van der Waals surface area contributed by atoms with Crippen molar-refractivity contribution in [3.05, 3.63) is 77.9 Å². The lowest BCUT2D eigenvalue weighted by atomic mass is 10.1. The second-order valence-corrected chi connectivity index (χ2v) is 5.92. The molecule has 136 valence electrons. The fraction of sp³-hybridized carbons (Fsp3) is 0. The number of nitrogen functional groups attached to an aromatic ring is 2. The lowest BCUT2D eigenvalue weighted by Crippen LogP contribution is -2.26. The van der Waals surface area contributed by atoms with Gasteiger partial charge in [0.05, 0.1) is 5.56 Å². The average molecular weight is 362 g/mol. The Morgan fingerprint density at radius 2 is 1.26 bits per heavy atom. The van der Waals surface area contributed by atoms with Crippen LogP contribution in [0.1, 0.15) is 20.7 Å². The molecule has 0 radical (unpaired) electrons. The van der Waals surface area contributed by atoms with Crippen LogP contribution in [0.25, 0.3) is 0 Å². The van der Waals surface area contributed by atoms with Crippen LogP contribution in [0.4, 0.5) is 22.7 Å². The molecule has 0 fully saturated rings. The van der Waals surface area contributed by atoms with E-state index in [9.17, 15) is 14.7 Å². The predicted molar refractivity (Wildman–Crippen MR) is 105 cm³/mol. The molecule has 0 saturated carbocycles. The first-order valence-corrected chi connectivity index (χ1v) is 8.05. The van der Waals surface area contributed by atoms with Crippen molar-refractivity contribution in [2.75, 3.05) is 16.4 Å². The van der Waals surface area contributed by atoms with Crippen molar-refractivity contribution in [3.63, 3.8) is 0 Å². The minimum atomic E-state index is -0.696. The zero-order valence-electron chi connectivity index (χ0n) is 14.3. The number of rotatable bonds is 4. The van der Waals surface area contributed by atoms with Gasteiger partial charge in [0.15, 0.2) is 0 Å². The number of hydrogen-bond acceptors (Lipinski definition) is 5. The molecule has 7 N–H and O–H groups in total. The number of hydrogen-bond donors (Lipinski definition) is 4. The Labute approximate surface area is 155 Å². The molecule has 0 aliphatic carbocycles. The number of anilines is 4. The van der Waals surface area contributed by atoms with Gasteiger partial charge in [0, 0.05) is 28.3 Å². The van der Waals surface area contributed by atoms with E-state index in [2.05, 4.69) is 0 Å². The van der Waals surface area contributed by atoms with Crippen molar-refractivity contribution in [2.24, 2.45) is 5.73 Å². The first-order chi connectivity index (χ1) is 12.9. The number of amides is 2. The summed E-state index contributed by atoms with van der Waals surface area (Å²) in [5.74, 6) is -1.52. The summed E-state index contributed by atoms with van der Waals surface area (Å²) in [6.45, 7) is 0. The van der Waals surface area contributed by atoms with Crippen LogP contribution in [0.15, 0.2) is 66.7 Å². The fourth-order valence-corrected chi connectivity index (χ4v) is 2.62. The van der Waals surface area contributed by atoms with Crippen LogP contribution in [0.2, 0.25) is 0 Å². The molecule has 0 spiro atoms. The molecule has 0 atom stereocenters. The Kier molecular flexibility index (Phi) is 4.68. The van der Waals surface area contributed by atoms with Gasteiger partial charge in [-0.3, -0.25) is 14.5 Å². The second-order valence-electron chi connectivity index (χ2n) is 5.92. The molecule has 0 unspecified atom stereocenters. The van der Waals surface area contributed by atoms with Crippen LogP contribution < -0.4 is 22.1 Å². The zero-order chi connectivity index (χ0) is 19.6. The Balaban J connectivity index is 2.09. The number of carbonyl (C=O) groups is 2. The molecule has 7 nitrogen and oxygen atoms in total. The summed E-state index contributed by atoms with van der Waals surface area (Å²) < 4.78 is 0. The number of benzene rings is 3. The maximum absolute atomic E-state index is 13.2. The van der Waals surface area contributed by atoms with Crippen LogP contribution in [0.3, 0.4) is 0 Å². The first kappa shape index (κ1) is 17.8. The van der Waals surface area contributed by atoms with Gasteiger partial charge < -0.3 is 22.3 Å². The third-order valence-corrected chi connectivity index (χ3v) is 4.02. The normalized spacial score (nSPS) is 10.4. The van der Waals surface area contributed by atoms with Crippen molar-refractivity contribution in [1.29, 1.82) is 0 Å². The Hall–Kier alpha value is -4.00. The zero-order valence-corrected chi connectivity index (χ0v) is 14.3. The molecule has 0 heterocycles. The van der Waals surface area contributed by atoms with E-state index in [1.807, 2.05) is 0 Å². The van der Waals surface area contributed by atoms with Crippen molar-refractivity contribution < 1.29 is 14.7 Å². The quantitative estimate of drug-likeness (QED) is 0.529. The number of carbonyl (C=O) groups excluding carboxylic acids is 2. The average Bonchev–Trinajstić information content (AvgIpc) is 2.64. The number of phenols is 1. The predicted octanol–water partition coefficient (Wildman–Crippen LogP) is 2.63. The summed E-state index contributed by atoms with van der Waals surface area (Å²) in [4.78, 5) is 25.9. The highest BCUT2D eigenvalue weighted by Gasteiger charge is 2.23. The number of aromatic hydroxyl groups is 1. The van der Waals surface area contributed by atoms with E-state index in [4.69, 9.17) is 17.2 Å². The van der Waals surface area contributed by atoms with Crippen LogP contribution >= 0.6 is 0 Å². The molecule has 0 saturated heterocycles. The number of nitrogens with two attached hydrogens (primary N) is 3. The summed E-state index contributed by atoms with van der Waals surface area (Å²) in [6.07, 6.45) is 0. The molecule has 0 aliphatic heterocycles. The largest absolute Gasteiger partial charge is 0.507 e. The van der Waals surface area contributed by atoms with E-state index in [1.54, 1.807) is 48.5 Å². The third-order valence-electron chi connectivity index (χ3n) is 4.02. The molecule has 0 bridgehead atoms. The number of primary amides is 1. The van der Waals surface area contributed by atoms with Gasteiger partial charge in [0.1, 0.15) is 5.75 Å². The van der Waals surface area contributed by atoms with Gasteiger partial charge in [-0.05, 0) is 66.7 Å². The Morgan fingerprint density at radius 3 is 1.67 bits per heavy atom. The Morgan fingerprint density at radius 1 is 0.778 bits per heavy atom. The SMILES string of the molecule is NC(=O)c1ccc(C(=O)N(c2ccc(N)cc2)c2ccc(N)cc2)c(O)c1. The maximum Gasteiger partial charge on any atom is 0.266 e. The molecule has 0 aromatic heterocycles. The van der Waals surface area contributed by atoms with Gasteiger partial charge in [-0.25, -0.2) is 0 Å². The van der Waals surface area contributed by atoms with E-state index in [-0.39, 0.29) is 16.9 Å². The third kappa shape index (κ3) is 3.67. The fourth-order valence-electron chi connectivity index (χ4n) is 2.62. The van der Waals surface area contributed by atoms with Gasteiger partial charge in [-0.15, -0.1) is 0 Å². The van der Waals surface area contributed by atoms with Crippen LogP contribution in [-0.4, -0.2) is 16.9 Å². The van der Waals surface area contributed by atoms with Gasteiger partial charge in [0.25, 0.3) is 5.91 Å². The molecule has 3 rings (SSSR count). The van der Waals surface area contributed by atoms with Gasteiger partial charge in [0.2, 0.25) is 5.91 Å². The minimum Gasteiger partial charge on any atom is -0.507 e. The van der Waals surface area contributed by atoms with E-state index in [0.29, 0.717) is 22.7 Å². The van der Waals surface area contributed by atoms with E-state index in [1.165, 1.54) is 23.1 Å². The summed E-state index contributed by atoms with van der Waals surface area (Å²) in [6, 6.07) is 17.4. The summed E-state index contributed by atoms with van der Waals surface area (Å²) in [5.41, 5.74) is 19.0. The molecular weight excluding hydrogens is 344 g/mol. The summed E-state index contributed by atoms with van der Waals surface area (Å²) in [5, 5.41) is 10.2. The highest BCUT2D eigenvalue weighted by atomic mass is 16.3. The van der Waals surface area contributed by atoms with Gasteiger partial charge in [-0.2, -0.15) is 0 Å². The standard InChI is InChI=1S/C20H18N4O3/c21-13-2-6-15(7-3-13)24(16-8-4-14(22)5-9-16)20(27)17-10-1-12(19(23)26)11-18(17)25/h1-11,25H,21-22H2,(H2,23,26). The van der Waals surface area contributed by atoms with Crippen LogP contribution in [-0.2, 0) is 0 Å². The lowest BCUT2D eigenvalue weighted by molar-refractivity contribution is 0.0985. The molecule has 3 aromatic carbocycles. The van der Waals surface area contributed by atoms with Crippen molar-refractivity contribution in [2.45, 2.75) is 0 Å². The highest BCUT2D eigenvalue weighted by molar-refractivity contribution is 6.12.